The summed E-state index contributed by atoms with van der Waals surface area (Å²) in [4.78, 5) is 10.6. The summed E-state index contributed by atoms with van der Waals surface area (Å²) in [5.41, 5.74) is -0.804. The van der Waals surface area contributed by atoms with Crippen LogP contribution >= 0.6 is 0 Å². The van der Waals surface area contributed by atoms with Gasteiger partial charge in [0.25, 0.3) is 0 Å². The molecule has 0 fully saturated rings. The van der Waals surface area contributed by atoms with Crippen LogP contribution in [0.5, 0.6) is 5.75 Å². The molecule has 1 aromatic heterocycles. The molecule has 0 aliphatic rings. The van der Waals surface area contributed by atoms with E-state index in [1.54, 1.807) is 18.2 Å². The first-order chi connectivity index (χ1) is 14.1. The number of carboxylic acid groups (broad SMARTS) is 1. The molecule has 0 atom stereocenters. The first-order valence-electron chi connectivity index (χ1n) is 8.69. The topological polar surface area (TPSA) is 64.3 Å². The molecular formula is C20H15F5N2O3. The smallest absolute Gasteiger partial charge is 0.435 e. The van der Waals surface area contributed by atoms with E-state index in [1.165, 1.54) is 12.1 Å². The van der Waals surface area contributed by atoms with Crippen LogP contribution in [-0.2, 0) is 24.0 Å². The van der Waals surface area contributed by atoms with E-state index in [9.17, 15) is 26.7 Å². The van der Waals surface area contributed by atoms with E-state index in [0.29, 0.717) is 5.69 Å². The number of aliphatic carboxylic acids is 1. The summed E-state index contributed by atoms with van der Waals surface area (Å²) in [5, 5.41) is 12.2. The molecule has 158 valence electrons. The zero-order valence-electron chi connectivity index (χ0n) is 15.3. The van der Waals surface area contributed by atoms with Gasteiger partial charge in [-0.15, -0.1) is 0 Å². The van der Waals surface area contributed by atoms with E-state index in [-0.39, 0.29) is 24.1 Å². The Morgan fingerprint density at radius 2 is 1.70 bits per heavy atom. The molecule has 0 unspecified atom stereocenters. The standard InChI is InChI=1S/C20H15F5N2O3/c21-15-8-12(6-7-18(28)29)9-16(22)19(15)30-11-14-10-17(20(23,24)25)26-27(14)13-4-2-1-3-5-13/h1-5,8-10H,6-7,11H2,(H,28,29). The lowest BCUT2D eigenvalue weighted by molar-refractivity contribution is -0.141. The molecule has 1 N–H and O–H groups in total. The lowest BCUT2D eigenvalue weighted by Crippen LogP contribution is -2.09. The fourth-order valence-corrected chi connectivity index (χ4v) is 2.75. The number of aryl methyl sites for hydroxylation is 1. The molecular weight excluding hydrogens is 411 g/mol. The molecule has 0 bridgehead atoms. The Labute approximate surface area is 167 Å². The summed E-state index contributed by atoms with van der Waals surface area (Å²) in [6.07, 6.45) is -5.11. The SMILES string of the molecule is O=C(O)CCc1cc(F)c(OCc2cc(C(F)(F)F)nn2-c2ccccc2)c(F)c1. The molecule has 3 aromatic rings. The number of alkyl halides is 3. The van der Waals surface area contributed by atoms with Gasteiger partial charge in [-0.3, -0.25) is 4.79 Å². The zero-order valence-corrected chi connectivity index (χ0v) is 15.3. The van der Waals surface area contributed by atoms with Gasteiger partial charge in [0.2, 0.25) is 0 Å². The fourth-order valence-electron chi connectivity index (χ4n) is 2.75. The minimum atomic E-state index is -4.71. The van der Waals surface area contributed by atoms with Gasteiger partial charge in [0.15, 0.2) is 23.1 Å². The van der Waals surface area contributed by atoms with E-state index >= 15 is 0 Å². The number of rotatable bonds is 7. The molecule has 0 amide bonds. The van der Waals surface area contributed by atoms with E-state index in [0.717, 1.165) is 22.9 Å². The number of carbonyl (C=O) groups is 1. The first kappa shape index (κ1) is 21.3. The largest absolute Gasteiger partial charge is 0.481 e. The Balaban J connectivity index is 1.87. The van der Waals surface area contributed by atoms with Crippen LogP contribution in [0.2, 0.25) is 0 Å². The normalized spacial score (nSPS) is 11.5. The minimum absolute atomic E-state index is 0.0673. The number of benzene rings is 2. The van der Waals surface area contributed by atoms with Crippen LogP contribution in [0.4, 0.5) is 22.0 Å². The number of para-hydroxylation sites is 1. The Kier molecular flexibility index (Phi) is 6.04. The third-order valence-electron chi connectivity index (χ3n) is 4.12. The maximum absolute atomic E-state index is 14.2. The molecule has 0 saturated heterocycles. The third-order valence-corrected chi connectivity index (χ3v) is 4.12. The number of aromatic nitrogens is 2. The van der Waals surface area contributed by atoms with Crippen molar-refractivity contribution in [3.8, 4) is 11.4 Å². The number of nitrogens with zero attached hydrogens (tertiary/aromatic N) is 2. The number of carboxylic acids is 1. The first-order valence-corrected chi connectivity index (χ1v) is 8.69. The minimum Gasteiger partial charge on any atom is -0.481 e. The number of ether oxygens (including phenoxy) is 1. The highest BCUT2D eigenvalue weighted by Gasteiger charge is 2.35. The van der Waals surface area contributed by atoms with E-state index < -0.39 is 41.8 Å². The van der Waals surface area contributed by atoms with Gasteiger partial charge < -0.3 is 9.84 Å². The molecule has 3 rings (SSSR count). The van der Waals surface area contributed by atoms with Crippen molar-refractivity contribution in [1.82, 2.24) is 9.78 Å². The van der Waals surface area contributed by atoms with Gasteiger partial charge in [-0.25, -0.2) is 13.5 Å². The van der Waals surface area contributed by atoms with Crippen LogP contribution < -0.4 is 4.74 Å². The molecule has 30 heavy (non-hydrogen) atoms. The molecule has 0 saturated carbocycles. The molecule has 5 nitrogen and oxygen atoms in total. The Morgan fingerprint density at radius 3 is 2.27 bits per heavy atom. The summed E-state index contributed by atoms with van der Waals surface area (Å²) in [6.45, 7) is -0.583. The predicted octanol–water partition coefficient (Wildman–Crippen LogP) is 4.77. The van der Waals surface area contributed by atoms with Gasteiger partial charge in [0, 0.05) is 6.42 Å². The van der Waals surface area contributed by atoms with Crippen molar-refractivity contribution in [2.24, 2.45) is 0 Å². The van der Waals surface area contributed by atoms with Crippen molar-refractivity contribution < 1.29 is 36.6 Å². The number of hydrogen-bond acceptors (Lipinski definition) is 3. The fraction of sp³-hybridized carbons (Fsp3) is 0.200. The highest BCUT2D eigenvalue weighted by atomic mass is 19.4. The average Bonchev–Trinajstić information content (AvgIpc) is 3.11. The molecule has 0 spiro atoms. The second-order valence-corrected chi connectivity index (χ2v) is 6.34. The van der Waals surface area contributed by atoms with Crippen molar-refractivity contribution >= 4 is 5.97 Å². The monoisotopic (exact) mass is 426 g/mol. The van der Waals surface area contributed by atoms with Crippen LogP contribution in [0.1, 0.15) is 23.4 Å². The summed E-state index contributed by atoms with van der Waals surface area (Å²) >= 11 is 0. The van der Waals surface area contributed by atoms with Crippen molar-refractivity contribution in [2.75, 3.05) is 0 Å². The molecule has 2 aromatic carbocycles. The number of halogens is 5. The maximum atomic E-state index is 14.2. The highest BCUT2D eigenvalue weighted by molar-refractivity contribution is 5.67. The van der Waals surface area contributed by atoms with Gasteiger partial charge in [-0.1, -0.05) is 18.2 Å². The van der Waals surface area contributed by atoms with Crippen LogP contribution in [0.3, 0.4) is 0 Å². The van der Waals surface area contributed by atoms with Crippen LogP contribution in [0, 0.1) is 11.6 Å². The number of hydrogen-bond donors (Lipinski definition) is 1. The molecule has 10 heteroatoms. The van der Waals surface area contributed by atoms with E-state index in [4.69, 9.17) is 9.84 Å². The van der Waals surface area contributed by atoms with Crippen LogP contribution in [0.15, 0.2) is 48.5 Å². The van der Waals surface area contributed by atoms with Crippen molar-refractivity contribution in [3.63, 3.8) is 0 Å². The Bertz CT molecular complexity index is 1030. The summed E-state index contributed by atoms with van der Waals surface area (Å²) in [6, 6.07) is 10.5. The van der Waals surface area contributed by atoms with Crippen molar-refractivity contribution in [3.05, 3.63) is 77.1 Å². The van der Waals surface area contributed by atoms with Gasteiger partial charge in [0.05, 0.1) is 11.4 Å². The quantitative estimate of drug-likeness (QED) is 0.553. The van der Waals surface area contributed by atoms with Crippen molar-refractivity contribution in [2.45, 2.75) is 25.6 Å². The summed E-state index contributed by atoms with van der Waals surface area (Å²) in [7, 11) is 0. The average molecular weight is 426 g/mol. The summed E-state index contributed by atoms with van der Waals surface area (Å²) < 4.78 is 73.8. The predicted molar refractivity (Wildman–Crippen MR) is 95.2 cm³/mol. The molecule has 0 aliphatic carbocycles. The van der Waals surface area contributed by atoms with Gasteiger partial charge >= 0.3 is 12.1 Å². The van der Waals surface area contributed by atoms with Gasteiger partial charge in [0.1, 0.15) is 6.61 Å². The molecule has 1 heterocycles. The van der Waals surface area contributed by atoms with E-state index in [1.807, 2.05) is 0 Å². The van der Waals surface area contributed by atoms with Crippen molar-refractivity contribution in [1.29, 1.82) is 0 Å². The molecule has 0 aliphatic heterocycles. The summed E-state index contributed by atoms with van der Waals surface area (Å²) in [5.74, 6) is -4.07. The lowest BCUT2D eigenvalue weighted by Gasteiger charge is -2.11. The zero-order chi connectivity index (χ0) is 21.9. The Morgan fingerprint density at radius 1 is 1.07 bits per heavy atom. The van der Waals surface area contributed by atoms with Gasteiger partial charge in [-0.2, -0.15) is 18.3 Å². The van der Waals surface area contributed by atoms with E-state index in [2.05, 4.69) is 5.10 Å². The van der Waals surface area contributed by atoms with Crippen LogP contribution in [-0.4, -0.2) is 20.9 Å². The molecule has 0 radical (unpaired) electrons. The second-order valence-electron chi connectivity index (χ2n) is 6.34. The maximum Gasteiger partial charge on any atom is 0.435 e. The highest BCUT2D eigenvalue weighted by Crippen LogP contribution is 2.31. The Hall–Kier alpha value is -3.43. The van der Waals surface area contributed by atoms with Gasteiger partial charge in [-0.05, 0) is 42.3 Å². The lowest BCUT2D eigenvalue weighted by atomic mass is 10.1. The second kappa shape index (κ2) is 8.52. The third kappa shape index (κ3) is 4.94. The van der Waals surface area contributed by atoms with Crippen LogP contribution in [0.25, 0.3) is 5.69 Å².